The highest BCUT2D eigenvalue weighted by Gasteiger charge is 2.01. The molecule has 4 heteroatoms. The van der Waals surface area contributed by atoms with E-state index in [-0.39, 0.29) is 0 Å². The predicted octanol–water partition coefficient (Wildman–Crippen LogP) is 4.06. The highest BCUT2D eigenvalue weighted by Crippen LogP contribution is 2.25. The SMILES string of the molecule is COc1ccc(C=Cc2nc3ccccc3s2)cc1N. The zero-order valence-electron chi connectivity index (χ0n) is 11.0. The van der Waals surface area contributed by atoms with Crippen molar-refractivity contribution in [1.29, 1.82) is 0 Å². The number of para-hydroxylation sites is 1. The first-order valence-corrected chi connectivity index (χ1v) is 7.05. The second-order valence-corrected chi connectivity index (χ2v) is 5.42. The lowest BCUT2D eigenvalue weighted by Gasteiger charge is -2.04. The lowest BCUT2D eigenvalue weighted by atomic mass is 10.2. The lowest BCUT2D eigenvalue weighted by molar-refractivity contribution is 0.417. The van der Waals surface area contributed by atoms with Gasteiger partial charge in [-0.05, 0) is 35.9 Å². The number of hydrogen-bond donors (Lipinski definition) is 1. The number of nitrogens with two attached hydrogens (primary N) is 1. The normalized spacial score (nSPS) is 11.2. The molecule has 1 aromatic heterocycles. The minimum absolute atomic E-state index is 0.638. The predicted molar refractivity (Wildman–Crippen MR) is 86.0 cm³/mol. The first-order valence-electron chi connectivity index (χ1n) is 6.23. The van der Waals surface area contributed by atoms with Crippen molar-refractivity contribution in [2.24, 2.45) is 0 Å². The van der Waals surface area contributed by atoms with Crippen molar-refractivity contribution in [1.82, 2.24) is 4.98 Å². The molecule has 3 nitrogen and oxygen atoms in total. The van der Waals surface area contributed by atoms with E-state index in [1.165, 1.54) is 4.70 Å². The molecule has 3 rings (SSSR count). The molecule has 0 aliphatic carbocycles. The fourth-order valence-corrected chi connectivity index (χ4v) is 2.86. The van der Waals surface area contributed by atoms with Crippen molar-refractivity contribution < 1.29 is 4.74 Å². The maximum absolute atomic E-state index is 5.89. The molecule has 0 aliphatic heterocycles. The van der Waals surface area contributed by atoms with E-state index in [1.807, 2.05) is 48.6 Å². The molecule has 3 aromatic rings. The van der Waals surface area contributed by atoms with Gasteiger partial charge in [0.2, 0.25) is 0 Å². The van der Waals surface area contributed by atoms with Crippen LogP contribution in [0.4, 0.5) is 5.69 Å². The van der Waals surface area contributed by atoms with E-state index < -0.39 is 0 Å². The van der Waals surface area contributed by atoms with Crippen LogP contribution in [-0.4, -0.2) is 12.1 Å². The third kappa shape index (κ3) is 2.51. The molecule has 0 saturated carbocycles. The Morgan fingerprint density at radius 1 is 1.15 bits per heavy atom. The Kier molecular flexibility index (Phi) is 3.39. The van der Waals surface area contributed by atoms with E-state index in [0.29, 0.717) is 11.4 Å². The third-order valence-electron chi connectivity index (χ3n) is 2.98. The van der Waals surface area contributed by atoms with Crippen LogP contribution in [0.1, 0.15) is 10.6 Å². The van der Waals surface area contributed by atoms with E-state index >= 15 is 0 Å². The Balaban J connectivity index is 1.88. The maximum Gasteiger partial charge on any atom is 0.141 e. The van der Waals surface area contributed by atoms with Crippen LogP contribution >= 0.6 is 11.3 Å². The maximum atomic E-state index is 5.89. The highest BCUT2D eigenvalue weighted by atomic mass is 32.1. The Morgan fingerprint density at radius 2 is 2.00 bits per heavy atom. The highest BCUT2D eigenvalue weighted by molar-refractivity contribution is 7.19. The van der Waals surface area contributed by atoms with Gasteiger partial charge >= 0.3 is 0 Å². The molecule has 0 spiro atoms. The average molecular weight is 282 g/mol. The second-order valence-electron chi connectivity index (χ2n) is 4.35. The first-order chi connectivity index (χ1) is 9.76. The zero-order valence-corrected chi connectivity index (χ0v) is 11.9. The summed E-state index contributed by atoms with van der Waals surface area (Å²) in [6, 6.07) is 13.9. The standard InChI is InChI=1S/C16H14N2OS/c1-19-14-8-6-11(10-12(14)17)7-9-16-18-13-4-2-3-5-15(13)20-16/h2-10H,17H2,1H3. The van der Waals surface area contributed by atoms with Gasteiger partial charge in [-0.25, -0.2) is 4.98 Å². The molecule has 0 bridgehead atoms. The molecule has 0 saturated heterocycles. The second kappa shape index (κ2) is 5.35. The van der Waals surface area contributed by atoms with Gasteiger partial charge in [-0.2, -0.15) is 0 Å². The van der Waals surface area contributed by atoms with Gasteiger partial charge in [-0.1, -0.05) is 24.3 Å². The summed E-state index contributed by atoms with van der Waals surface area (Å²) in [5, 5.41) is 0.987. The summed E-state index contributed by atoms with van der Waals surface area (Å²) in [4.78, 5) is 4.56. The number of methoxy groups -OCH3 is 1. The fourth-order valence-electron chi connectivity index (χ4n) is 1.99. The molecule has 2 aromatic carbocycles. The molecule has 20 heavy (non-hydrogen) atoms. The van der Waals surface area contributed by atoms with Gasteiger partial charge in [-0.3, -0.25) is 0 Å². The topological polar surface area (TPSA) is 48.1 Å². The van der Waals surface area contributed by atoms with Crippen LogP contribution < -0.4 is 10.5 Å². The number of fused-ring (bicyclic) bond motifs is 1. The van der Waals surface area contributed by atoms with Crippen LogP contribution in [0.3, 0.4) is 0 Å². The largest absolute Gasteiger partial charge is 0.495 e. The van der Waals surface area contributed by atoms with Gasteiger partial charge in [0.25, 0.3) is 0 Å². The molecule has 1 heterocycles. The quantitative estimate of drug-likeness (QED) is 0.737. The molecular formula is C16H14N2OS. The molecule has 0 amide bonds. The van der Waals surface area contributed by atoms with Crippen LogP contribution in [-0.2, 0) is 0 Å². The van der Waals surface area contributed by atoms with Crippen LogP contribution in [0.15, 0.2) is 42.5 Å². The van der Waals surface area contributed by atoms with Crippen molar-refractivity contribution in [2.45, 2.75) is 0 Å². The third-order valence-corrected chi connectivity index (χ3v) is 3.98. The summed E-state index contributed by atoms with van der Waals surface area (Å²) >= 11 is 1.67. The van der Waals surface area contributed by atoms with E-state index in [0.717, 1.165) is 16.1 Å². The number of ether oxygens (including phenoxy) is 1. The number of hydrogen-bond acceptors (Lipinski definition) is 4. The van der Waals surface area contributed by atoms with E-state index in [9.17, 15) is 0 Å². The number of anilines is 1. The summed E-state index contributed by atoms with van der Waals surface area (Å²) in [6.07, 6.45) is 4.01. The van der Waals surface area contributed by atoms with Crippen LogP contribution in [0.5, 0.6) is 5.75 Å². The van der Waals surface area contributed by atoms with Gasteiger partial charge in [0.05, 0.1) is 23.0 Å². The number of nitrogen functional groups attached to an aromatic ring is 1. The van der Waals surface area contributed by atoms with E-state index in [4.69, 9.17) is 10.5 Å². The smallest absolute Gasteiger partial charge is 0.141 e. The minimum Gasteiger partial charge on any atom is -0.495 e. The van der Waals surface area contributed by atoms with Crippen molar-refractivity contribution in [3.63, 3.8) is 0 Å². The molecular weight excluding hydrogens is 268 g/mol. The summed E-state index contributed by atoms with van der Waals surface area (Å²) in [6.45, 7) is 0. The van der Waals surface area contributed by atoms with Gasteiger partial charge in [-0.15, -0.1) is 11.3 Å². The zero-order chi connectivity index (χ0) is 13.9. The molecule has 0 radical (unpaired) electrons. The number of nitrogens with zero attached hydrogens (tertiary/aromatic N) is 1. The molecule has 100 valence electrons. The average Bonchev–Trinajstić information content (AvgIpc) is 2.88. The summed E-state index contributed by atoms with van der Waals surface area (Å²) in [7, 11) is 1.61. The molecule has 0 atom stereocenters. The number of aromatic nitrogens is 1. The Bertz CT molecular complexity index is 744. The molecule has 0 aliphatic rings. The van der Waals surface area contributed by atoms with Crippen molar-refractivity contribution in [3.8, 4) is 5.75 Å². The van der Waals surface area contributed by atoms with Crippen LogP contribution in [0.2, 0.25) is 0 Å². The summed E-state index contributed by atoms with van der Waals surface area (Å²) in [5.74, 6) is 0.696. The number of thiazole rings is 1. The molecule has 2 N–H and O–H groups in total. The van der Waals surface area contributed by atoms with Gasteiger partial charge in [0, 0.05) is 0 Å². The Labute approximate surface area is 121 Å². The lowest BCUT2D eigenvalue weighted by Crippen LogP contribution is -1.92. The van der Waals surface area contributed by atoms with Gasteiger partial charge < -0.3 is 10.5 Å². The van der Waals surface area contributed by atoms with Crippen LogP contribution in [0, 0.1) is 0 Å². The van der Waals surface area contributed by atoms with Crippen molar-refractivity contribution in [3.05, 3.63) is 53.0 Å². The van der Waals surface area contributed by atoms with Crippen LogP contribution in [0.25, 0.3) is 22.4 Å². The number of benzene rings is 2. The van der Waals surface area contributed by atoms with Gasteiger partial charge in [0.1, 0.15) is 10.8 Å². The van der Waals surface area contributed by atoms with Crippen molar-refractivity contribution in [2.75, 3.05) is 12.8 Å². The minimum atomic E-state index is 0.638. The molecule has 0 unspecified atom stereocenters. The Hall–Kier alpha value is -2.33. The summed E-state index contributed by atoms with van der Waals surface area (Å²) < 4.78 is 6.34. The monoisotopic (exact) mass is 282 g/mol. The number of rotatable bonds is 3. The van der Waals surface area contributed by atoms with Gasteiger partial charge in [0.15, 0.2) is 0 Å². The summed E-state index contributed by atoms with van der Waals surface area (Å²) in [5.41, 5.74) is 8.59. The van der Waals surface area contributed by atoms with Crippen molar-refractivity contribution >= 4 is 39.4 Å². The Morgan fingerprint density at radius 3 is 2.75 bits per heavy atom. The fraction of sp³-hybridized carbons (Fsp3) is 0.0625. The van der Waals surface area contributed by atoms with E-state index in [2.05, 4.69) is 11.1 Å². The van der Waals surface area contributed by atoms with E-state index in [1.54, 1.807) is 18.4 Å². The first kappa shape index (κ1) is 12.7. The molecule has 0 fully saturated rings.